The molecule has 0 aromatic heterocycles. The minimum atomic E-state index is -0.911. The summed E-state index contributed by atoms with van der Waals surface area (Å²) in [6.45, 7) is 7.67. The van der Waals surface area contributed by atoms with Crippen LogP contribution in [0.1, 0.15) is 64.9 Å². The Morgan fingerprint density at radius 2 is 1.61 bits per heavy atom. The molecule has 0 saturated carbocycles. The molecule has 1 atom stereocenters. The maximum atomic E-state index is 13.2. The number of rotatable bonds is 14. The summed E-state index contributed by atoms with van der Waals surface area (Å²) in [5.74, 6) is -2.17. The van der Waals surface area contributed by atoms with E-state index < -0.39 is 22.8 Å². The Labute approximate surface area is 211 Å². The van der Waals surface area contributed by atoms with Gasteiger partial charge in [0.1, 0.15) is 6.61 Å². The van der Waals surface area contributed by atoms with Gasteiger partial charge in [-0.15, -0.1) is 0 Å². The number of unbranched alkanes of at least 4 members (excludes halogenated alkanes) is 3. The highest BCUT2D eigenvalue weighted by Gasteiger charge is 2.38. The van der Waals surface area contributed by atoms with Gasteiger partial charge in [-0.25, -0.2) is 9.59 Å². The summed E-state index contributed by atoms with van der Waals surface area (Å²) in [4.78, 5) is 37.3. The first-order valence-corrected chi connectivity index (χ1v) is 12.2. The van der Waals surface area contributed by atoms with Crippen molar-refractivity contribution in [1.29, 1.82) is 0 Å². The lowest BCUT2D eigenvalue weighted by molar-refractivity contribution is -0.384. The standard InChI is InChI=1S/C26H36N2O8/c1-17(2)34-14-15-36-26(31)23-19(4)27-18(3)22(25(30)35-13-8-6-5-7-12-29)24(23)20-10-9-11-21(16-20)28(32)33/h9-11,16-17,24,27,29H,5-8,12-15H2,1-4H3. The number of ether oxygens (including phenoxy) is 3. The monoisotopic (exact) mass is 504 g/mol. The van der Waals surface area contributed by atoms with Crippen LogP contribution in [-0.4, -0.2) is 54.5 Å². The molecule has 2 rings (SSSR count). The van der Waals surface area contributed by atoms with Crippen molar-refractivity contribution in [3.63, 3.8) is 0 Å². The molecule has 1 aromatic rings. The number of esters is 2. The lowest BCUT2D eigenvalue weighted by atomic mass is 9.80. The van der Waals surface area contributed by atoms with Crippen molar-refractivity contribution in [1.82, 2.24) is 5.32 Å². The number of allylic oxidation sites excluding steroid dienone is 2. The maximum absolute atomic E-state index is 13.2. The van der Waals surface area contributed by atoms with Gasteiger partial charge in [0.05, 0.1) is 41.3 Å². The predicted octanol–water partition coefficient (Wildman–Crippen LogP) is 3.89. The molecule has 1 aliphatic heterocycles. The zero-order valence-electron chi connectivity index (χ0n) is 21.4. The van der Waals surface area contributed by atoms with Crippen LogP contribution in [0.15, 0.2) is 46.8 Å². The topological polar surface area (TPSA) is 137 Å². The van der Waals surface area contributed by atoms with Crippen LogP contribution in [-0.2, 0) is 23.8 Å². The second-order valence-corrected chi connectivity index (χ2v) is 8.82. The molecule has 2 N–H and O–H groups in total. The van der Waals surface area contributed by atoms with E-state index in [1.165, 1.54) is 18.2 Å². The number of carbonyl (C=O) groups is 2. The number of dihydropyridines is 1. The van der Waals surface area contributed by atoms with Gasteiger partial charge in [-0.05, 0) is 52.5 Å². The van der Waals surface area contributed by atoms with Crippen molar-refractivity contribution in [2.45, 2.75) is 65.4 Å². The number of aliphatic hydroxyl groups excluding tert-OH is 1. The first-order valence-electron chi connectivity index (χ1n) is 12.2. The van der Waals surface area contributed by atoms with Crippen LogP contribution in [0, 0.1) is 10.1 Å². The summed E-state index contributed by atoms with van der Waals surface area (Å²) in [5.41, 5.74) is 1.61. The van der Waals surface area contributed by atoms with Gasteiger partial charge >= 0.3 is 11.9 Å². The third-order valence-electron chi connectivity index (χ3n) is 5.67. The number of benzene rings is 1. The largest absolute Gasteiger partial charge is 0.462 e. The van der Waals surface area contributed by atoms with Crippen LogP contribution >= 0.6 is 0 Å². The fourth-order valence-corrected chi connectivity index (χ4v) is 3.99. The molecule has 1 aromatic carbocycles. The second kappa shape index (κ2) is 14.4. The predicted molar refractivity (Wildman–Crippen MR) is 133 cm³/mol. The number of non-ortho nitro benzene ring substituents is 1. The molecule has 10 nitrogen and oxygen atoms in total. The van der Waals surface area contributed by atoms with Crippen molar-refractivity contribution in [2.24, 2.45) is 0 Å². The third-order valence-corrected chi connectivity index (χ3v) is 5.67. The molecule has 0 fully saturated rings. The van der Waals surface area contributed by atoms with Crippen LogP contribution in [0.5, 0.6) is 0 Å². The third kappa shape index (κ3) is 8.17. The molecule has 0 bridgehead atoms. The van der Waals surface area contributed by atoms with Crippen LogP contribution < -0.4 is 5.32 Å². The van der Waals surface area contributed by atoms with Crippen molar-refractivity contribution in [3.05, 3.63) is 62.5 Å². The minimum absolute atomic E-state index is 0.0192. The molecule has 0 saturated heterocycles. The number of aliphatic hydroxyl groups is 1. The summed E-state index contributed by atoms with van der Waals surface area (Å²) in [6.07, 6.45) is 2.93. The number of nitro benzene ring substituents is 1. The maximum Gasteiger partial charge on any atom is 0.336 e. The van der Waals surface area contributed by atoms with E-state index in [0.717, 1.165) is 12.8 Å². The molecular weight excluding hydrogens is 468 g/mol. The Balaban J connectivity index is 2.35. The van der Waals surface area contributed by atoms with Gasteiger partial charge in [-0.3, -0.25) is 10.1 Å². The van der Waals surface area contributed by atoms with E-state index in [4.69, 9.17) is 19.3 Å². The average molecular weight is 505 g/mol. The van der Waals surface area contributed by atoms with E-state index in [2.05, 4.69) is 5.32 Å². The van der Waals surface area contributed by atoms with Gasteiger partial charge in [-0.2, -0.15) is 0 Å². The van der Waals surface area contributed by atoms with E-state index >= 15 is 0 Å². The SMILES string of the molecule is CC1=C(C(=O)OCCCCCCO)C(c2cccc([N+](=O)[O-])c2)C(C(=O)OCCOC(C)C)=C(C)N1. The number of nitrogens with zero attached hydrogens (tertiary/aromatic N) is 1. The number of hydrogen-bond donors (Lipinski definition) is 2. The highest BCUT2D eigenvalue weighted by molar-refractivity contribution is 6.00. The van der Waals surface area contributed by atoms with Crippen LogP contribution in [0.3, 0.4) is 0 Å². The summed E-state index contributed by atoms with van der Waals surface area (Å²) in [5, 5.41) is 23.4. The molecule has 1 aliphatic rings. The normalized spacial score (nSPS) is 15.7. The van der Waals surface area contributed by atoms with Crippen molar-refractivity contribution in [2.75, 3.05) is 26.4 Å². The first-order chi connectivity index (χ1) is 17.2. The van der Waals surface area contributed by atoms with E-state index in [0.29, 0.717) is 29.8 Å². The number of carbonyl (C=O) groups excluding carboxylic acids is 2. The number of nitro groups is 1. The van der Waals surface area contributed by atoms with E-state index in [9.17, 15) is 19.7 Å². The van der Waals surface area contributed by atoms with Gasteiger partial charge in [0.15, 0.2) is 0 Å². The van der Waals surface area contributed by atoms with Gasteiger partial charge < -0.3 is 24.6 Å². The van der Waals surface area contributed by atoms with Crippen molar-refractivity contribution >= 4 is 17.6 Å². The Morgan fingerprint density at radius 3 is 2.19 bits per heavy atom. The fourth-order valence-electron chi connectivity index (χ4n) is 3.99. The first kappa shape index (κ1) is 29.0. The Kier molecular flexibility index (Phi) is 11.6. The van der Waals surface area contributed by atoms with Crippen LogP contribution in [0.25, 0.3) is 0 Å². The van der Waals surface area contributed by atoms with Gasteiger partial charge in [0, 0.05) is 30.1 Å². The second-order valence-electron chi connectivity index (χ2n) is 8.82. The minimum Gasteiger partial charge on any atom is -0.462 e. The molecule has 0 amide bonds. The van der Waals surface area contributed by atoms with Crippen molar-refractivity contribution in [3.8, 4) is 0 Å². The molecule has 0 spiro atoms. The van der Waals surface area contributed by atoms with Gasteiger partial charge in [0.25, 0.3) is 5.69 Å². The Morgan fingerprint density at radius 1 is 1.00 bits per heavy atom. The highest BCUT2D eigenvalue weighted by atomic mass is 16.6. The van der Waals surface area contributed by atoms with E-state index in [1.54, 1.807) is 19.9 Å². The highest BCUT2D eigenvalue weighted by Crippen LogP contribution is 2.40. The van der Waals surface area contributed by atoms with Gasteiger partial charge in [-0.1, -0.05) is 18.6 Å². The lowest BCUT2D eigenvalue weighted by Crippen LogP contribution is -2.33. The Bertz CT molecular complexity index is 999. The Hall–Kier alpha value is -3.24. The van der Waals surface area contributed by atoms with E-state index in [-0.39, 0.29) is 49.4 Å². The molecular formula is C26H36N2O8. The number of hydrogen-bond acceptors (Lipinski definition) is 9. The zero-order valence-corrected chi connectivity index (χ0v) is 21.4. The molecule has 0 aliphatic carbocycles. The molecule has 1 unspecified atom stereocenters. The number of nitrogens with one attached hydrogen (secondary N) is 1. The molecule has 1 heterocycles. The average Bonchev–Trinajstić information content (AvgIpc) is 2.83. The zero-order chi connectivity index (χ0) is 26.7. The van der Waals surface area contributed by atoms with Gasteiger partial charge in [0.2, 0.25) is 0 Å². The summed E-state index contributed by atoms with van der Waals surface area (Å²) < 4.78 is 16.4. The van der Waals surface area contributed by atoms with E-state index in [1.807, 2.05) is 13.8 Å². The molecule has 0 radical (unpaired) electrons. The molecule has 10 heteroatoms. The van der Waals surface area contributed by atoms with Crippen LogP contribution in [0.2, 0.25) is 0 Å². The fraction of sp³-hybridized carbons (Fsp3) is 0.538. The summed E-state index contributed by atoms with van der Waals surface area (Å²) in [6, 6.07) is 5.86. The van der Waals surface area contributed by atoms with Crippen molar-refractivity contribution < 1.29 is 33.8 Å². The smallest absolute Gasteiger partial charge is 0.336 e. The summed E-state index contributed by atoms with van der Waals surface area (Å²) in [7, 11) is 0. The quantitative estimate of drug-likeness (QED) is 0.167. The summed E-state index contributed by atoms with van der Waals surface area (Å²) >= 11 is 0. The lowest BCUT2D eigenvalue weighted by Gasteiger charge is -2.30. The molecule has 198 valence electrons. The molecule has 36 heavy (non-hydrogen) atoms. The van der Waals surface area contributed by atoms with Crippen LogP contribution in [0.4, 0.5) is 5.69 Å².